The van der Waals surface area contributed by atoms with Gasteiger partial charge in [-0.2, -0.15) is 0 Å². The van der Waals surface area contributed by atoms with Crippen molar-refractivity contribution in [3.8, 4) is 5.75 Å². The number of rotatable bonds is 6. The van der Waals surface area contributed by atoms with Crippen LogP contribution in [0.4, 0.5) is 4.79 Å². The van der Waals surface area contributed by atoms with Crippen molar-refractivity contribution in [1.29, 1.82) is 0 Å². The van der Waals surface area contributed by atoms with Gasteiger partial charge in [0.15, 0.2) is 0 Å². The molecule has 0 unspecified atom stereocenters. The highest BCUT2D eigenvalue weighted by Crippen LogP contribution is 2.15. The fourth-order valence-corrected chi connectivity index (χ4v) is 2.84. The second-order valence-electron chi connectivity index (χ2n) is 6.52. The summed E-state index contributed by atoms with van der Waals surface area (Å²) in [5.74, 6) is 0.817. The number of piperidine rings is 1. The van der Waals surface area contributed by atoms with Crippen molar-refractivity contribution in [3.63, 3.8) is 0 Å². The maximum absolute atomic E-state index is 12.2. The first-order chi connectivity index (χ1) is 12.0. The third-order valence-electron chi connectivity index (χ3n) is 4.05. The Morgan fingerprint density at radius 3 is 2.40 bits per heavy atom. The van der Waals surface area contributed by atoms with E-state index in [0.717, 1.165) is 24.2 Å². The van der Waals surface area contributed by atoms with E-state index in [4.69, 9.17) is 9.47 Å². The lowest BCUT2D eigenvalue weighted by atomic mass is 10.0. The van der Waals surface area contributed by atoms with Gasteiger partial charge in [0.25, 0.3) is 0 Å². The Hall–Kier alpha value is -2.24. The van der Waals surface area contributed by atoms with Gasteiger partial charge in [0, 0.05) is 19.1 Å². The van der Waals surface area contributed by atoms with Crippen LogP contribution in [-0.2, 0) is 16.0 Å². The zero-order valence-electron chi connectivity index (χ0n) is 15.3. The third-order valence-corrected chi connectivity index (χ3v) is 4.05. The van der Waals surface area contributed by atoms with E-state index in [0.29, 0.717) is 26.1 Å². The molecule has 1 N–H and O–H groups in total. The van der Waals surface area contributed by atoms with Gasteiger partial charge in [-0.05, 0) is 51.3 Å². The van der Waals surface area contributed by atoms with Crippen molar-refractivity contribution in [2.24, 2.45) is 0 Å². The summed E-state index contributed by atoms with van der Waals surface area (Å²) >= 11 is 0. The minimum atomic E-state index is -0.268. The first-order valence-electron chi connectivity index (χ1n) is 8.94. The Morgan fingerprint density at radius 1 is 1.20 bits per heavy atom. The van der Waals surface area contributed by atoms with Crippen LogP contribution in [0.25, 0.3) is 0 Å². The molecule has 0 spiro atoms. The summed E-state index contributed by atoms with van der Waals surface area (Å²) in [6.45, 7) is 7.38. The quantitative estimate of drug-likeness (QED) is 0.858. The summed E-state index contributed by atoms with van der Waals surface area (Å²) < 4.78 is 10.6. The number of carbonyl (C=O) groups is 2. The molecule has 1 fully saturated rings. The lowest BCUT2D eigenvalue weighted by molar-refractivity contribution is -0.121. The zero-order valence-corrected chi connectivity index (χ0v) is 15.3. The molecule has 138 valence electrons. The molecule has 2 rings (SSSR count). The van der Waals surface area contributed by atoms with Gasteiger partial charge in [0.2, 0.25) is 5.91 Å². The van der Waals surface area contributed by atoms with Crippen molar-refractivity contribution in [2.45, 2.75) is 52.2 Å². The van der Waals surface area contributed by atoms with Crippen LogP contribution in [0.5, 0.6) is 5.75 Å². The number of amides is 2. The molecular weight excluding hydrogens is 320 g/mol. The van der Waals surface area contributed by atoms with E-state index in [-0.39, 0.29) is 24.1 Å². The molecule has 1 aliphatic heterocycles. The molecule has 1 saturated heterocycles. The molecule has 25 heavy (non-hydrogen) atoms. The van der Waals surface area contributed by atoms with Crippen molar-refractivity contribution in [3.05, 3.63) is 29.8 Å². The van der Waals surface area contributed by atoms with Gasteiger partial charge in [-0.1, -0.05) is 12.1 Å². The Bertz CT molecular complexity index is 563. The van der Waals surface area contributed by atoms with Gasteiger partial charge >= 0.3 is 6.09 Å². The van der Waals surface area contributed by atoms with Crippen LogP contribution >= 0.6 is 0 Å². The maximum Gasteiger partial charge on any atom is 0.409 e. The molecule has 1 heterocycles. The highest BCUT2D eigenvalue weighted by molar-refractivity contribution is 5.79. The molecule has 1 aromatic rings. The second-order valence-corrected chi connectivity index (χ2v) is 6.52. The molecule has 6 nitrogen and oxygen atoms in total. The van der Waals surface area contributed by atoms with E-state index in [2.05, 4.69) is 5.32 Å². The fraction of sp³-hybridized carbons (Fsp3) is 0.579. The number of likely N-dealkylation sites (tertiary alicyclic amines) is 1. The van der Waals surface area contributed by atoms with Crippen LogP contribution in [0.15, 0.2) is 24.3 Å². The number of hydrogen-bond donors (Lipinski definition) is 1. The minimum Gasteiger partial charge on any atom is -0.491 e. The standard InChI is InChI=1S/C19H28N2O4/c1-4-24-19(23)21-11-9-16(10-12-21)20-18(22)13-15-5-7-17(8-6-15)25-14(2)3/h5-8,14,16H,4,9-13H2,1-3H3,(H,20,22). The number of carbonyl (C=O) groups excluding carboxylic acids is 2. The normalized spacial score (nSPS) is 15.1. The van der Waals surface area contributed by atoms with Crippen LogP contribution in [0.1, 0.15) is 39.2 Å². The number of nitrogens with one attached hydrogen (secondary N) is 1. The molecule has 0 bridgehead atoms. The van der Waals surface area contributed by atoms with E-state index >= 15 is 0 Å². The molecule has 0 aromatic heterocycles. The minimum absolute atomic E-state index is 0.00659. The monoisotopic (exact) mass is 348 g/mol. The molecular formula is C19H28N2O4. The Balaban J connectivity index is 1.75. The second kappa shape index (κ2) is 9.30. The van der Waals surface area contributed by atoms with Gasteiger partial charge < -0.3 is 19.7 Å². The van der Waals surface area contributed by atoms with Crippen LogP contribution in [0.2, 0.25) is 0 Å². The van der Waals surface area contributed by atoms with Crippen molar-refractivity contribution in [2.75, 3.05) is 19.7 Å². The molecule has 2 amide bonds. The van der Waals surface area contributed by atoms with Gasteiger partial charge in [-0.25, -0.2) is 4.79 Å². The smallest absolute Gasteiger partial charge is 0.409 e. The van der Waals surface area contributed by atoms with E-state index in [9.17, 15) is 9.59 Å². The topological polar surface area (TPSA) is 67.9 Å². The Morgan fingerprint density at radius 2 is 1.84 bits per heavy atom. The van der Waals surface area contributed by atoms with Gasteiger partial charge in [-0.15, -0.1) is 0 Å². The lowest BCUT2D eigenvalue weighted by Crippen LogP contribution is -2.47. The largest absolute Gasteiger partial charge is 0.491 e. The number of ether oxygens (including phenoxy) is 2. The molecule has 0 atom stereocenters. The average molecular weight is 348 g/mol. The van der Waals surface area contributed by atoms with Crippen LogP contribution in [0, 0.1) is 0 Å². The van der Waals surface area contributed by atoms with Gasteiger partial charge in [0.05, 0.1) is 19.1 Å². The van der Waals surface area contributed by atoms with E-state index < -0.39 is 0 Å². The van der Waals surface area contributed by atoms with Crippen LogP contribution < -0.4 is 10.1 Å². The first-order valence-corrected chi connectivity index (χ1v) is 8.94. The first kappa shape index (κ1) is 19.1. The molecule has 0 saturated carbocycles. The molecule has 1 aromatic carbocycles. The maximum atomic E-state index is 12.2. The molecule has 0 radical (unpaired) electrons. The fourth-order valence-electron chi connectivity index (χ4n) is 2.84. The third kappa shape index (κ3) is 6.29. The highest BCUT2D eigenvalue weighted by atomic mass is 16.6. The SMILES string of the molecule is CCOC(=O)N1CCC(NC(=O)Cc2ccc(OC(C)C)cc2)CC1. The molecule has 0 aliphatic carbocycles. The van der Waals surface area contributed by atoms with E-state index in [1.807, 2.05) is 38.1 Å². The summed E-state index contributed by atoms with van der Waals surface area (Å²) in [5, 5.41) is 3.06. The van der Waals surface area contributed by atoms with E-state index in [1.54, 1.807) is 11.8 Å². The van der Waals surface area contributed by atoms with Gasteiger partial charge in [-0.3, -0.25) is 4.79 Å². The number of hydrogen-bond acceptors (Lipinski definition) is 4. The van der Waals surface area contributed by atoms with E-state index in [1.165, 1.54) is 0 Å². The summed E-state index contributed by atoms with van der Waals surface area (Å²) in [4.78, 5) is 25.6. The number of benzene rings is 1. The summed E-state index contributed by atoms with van der Waals surface area (Å²) in [7, 11) is 0. The van der Waals surface area contributed by atoms with Crippen molar-refractivity contribution >= 4 is 12.0 Å². The van der Waals surface area contributed by atoms with Crippen LogP contribution in [-0.4, -0.2) is 48.7 Å². The Kier molecular flexibility index (Phi) is 7.10. The summed E-state index contributed by atoms with van der Waals surface area (Å²) in [5.41, 5.74) is 0.956. The molecule has 6 heteroatoms. The highest BCUT2D eigenvalue weighted by Gasteiger charge is 2.24. The summed E-state index contributed by atoms with van der Waals surface area (Å²) in [6, 6.07) is 7.73. The van der Waals surface area contributed by atoms with Crippen molar-refractivity contribution < 1.29 is 19.1 Å². The van der Waals surface area contributed by atoms with Crippen molar-refractivity contribution in [1.82, 2.24) is 10.2 Å². The Labute approximate surface area is 149 Å². The predicted octanol–water partition coefficient (Wildman–Crippen LogP) is 2.75. The lowest BCUT2D eigenvalue weighted by Gasteiger charge is -2.31. The van der Waals surface area contributed by atoms with Gasteiger partial charge in [0.1, 0.15) is 5.75 Å². The average Bonchev–Trinajstić information content (AvgIpc) is 2.57. The van der Waals surface area contributed by atoms with Crippen LogP contribution in [0.3, 0.4) is 0 Å². The number of nitrogens with zero attached hydrogens (tertiary/aromatic N) is 1. The summed E-state index contributed by atoms with van der Waals surface area (Å²) in [6.07, 6.45) is 1.72. The molecule has 1 aliphatic rings. The predicted molar refractivity (Wildman–Crippen MR) is 95.7 cm³/mol. The zero-order chi connectivity index (χ0) is 18.2.